The van der Waals surface area contributed by atoms with E-state index in [-0.39, 0.29) is 0 Å². The second kappa shape index (κ2) is 10.0. The van der Waals surface area contributed by atoms with Crippen LogP contribution in [-0.4, -0.2) is 24.3 Å². The number of carbonyl (C=O) groups excluding carboxylic acids is 1. The van der Waals surface area contributed by atoms with Gasteiger partial charge in [-0.15, -0.1) is 0 Å². The molecule has 0 saturated heterocycles. The minimum Gasteiger partial charge on any atom is -0.515 e. The number of unbranched alkanes of at least 4 members (excludes halogenated alkanes) is 1. The lowest BCUT2D eigenvalue weighted by atomic mass is 10.1. The van der Waals surface area contributed by atoms with Gasteiger partial charge in [-0.25, -0.2) is 4.79 Å². The molecule has 0 aliphatic rings. The van der Waals surface area contributed by atoms with Gasteiger partial charge in [-0.2, -0.15) is 0 Å². The van der Waals surface area contributed by atoms with Crippen LogP contribution >= 0.6 is 0 Å². The van der Waals surface area contributed by atoms with Crippen LogP contribution in [0, 0.1) is 0 Å². The first-order valence-electron chi connectivity index (χ1n) is 6.90. The topological polar surface area (TPSA) is 55.8 Å². The first-order valence-corrected chi connectivity index (χ1v) is 6.90. The zero-order valence-electron chi connectivity index (χ0n) is 11.9. The summed E-state index contributed by atoms with van der Waals surface area (Å²) in [5.74, 6) is -0.444. The maximum atomic E-state index is 11.4. The van der Waals surface area contributed by atoms with Crippen LogP contribution in [0.5, 0.6) is 0 Å². The number of ether oxygens (including phenoxy) is 2. The van der Waals surface area contributed by atoms with Crippen molar-refractivity contribution in [3.8, 4) is 0 Å². The predicted octanol–water partition coefficient (Wildman–Crippen LogP) is 3.38. The summed E-state index contributed by atoms with van der Waals surface area (Å²) in [4.78, 5) is 11.4. The molecule has 0 spiro atoms. The van der Waals surface area contributed by atoms with E-state index in [1.165, 1.54) is 0 Å². The highest BCUT2D eigenvalue weighted by Gasteiger charge is 2.09. The van der Waals surface area contributed by atoms with Crippen molar-refractivity contribution < 1.29 is 19.4 Å². The predicted molar refractivity (Wildman–Crippen MR) is 77.3 cm³/mol. The van der Waals surface area contributed by atoms with Crippen LogP contribution in [0.4, 0.5) is 0 Å². The monoisotopic (exact) mass is 278 g/mol. The summed E-state index contributed by atoms with van der Waals surface area (Å²) in [5.41, 5.74) is 1.46. The zero-order valence-corrected chi connectivity index (χ0v) is 11.9. The molecule has 20 heavy (non-hydrogen) atoms. The number of hydrogen-bond donors (Lipinski definition) is 1. The minimum absolute atomic E-state index is 0.315. The van der Waals surface area contributed by atoms with Gasteiger partial charge in [0.15, 0.2) is 0 Å². The molecule has 4 nitrogen and oxygen atoms in total. The number of carbonyl (C=O) groups is 1. The van der Waals surface area contributed by atoms with E-state index in [2.05, 4.69) is 0 Å². The van der Waals surface area contributed by atoms with Crippen LogP contribution in [0.25, 0.3) is 0 Å². The summed E-state index contributed by atoms with van der Waals surface area (Å²) >= 11 is 0. The van der Waals surface area contributed by atoms with Gasteiger partial charge in [0, 0.05) is 6.61 Å². The van der Waals surface area contributed by atoms with E-state index in [0.29, 0.717) is 31.8 Å². The van der Waals surface area contributed by atoms with Crippen LogP contribution in [0.3, 0.4) is 0 Å². The van der Waals surface area contributed by atoms with Crippen molar-refractivity contribution in [3.63, 3.8) is 0 Å². The Bertz CT molecular complexity index is 412. The van der Waals surface area contributed by atoms with Gasteiger partial charge >= 0.3 is 5.97 Å². The SMILES string of the molecule is CCOC(=O)/C(=C\O)CCCCOCc1ccccc1. The summed E-state index contributed by atoms with van der Waals surface area (Å²) in [7, 11) is 0. The molecule has 0 fully saturated rings. The normalized spacial score (nSPS) is 11.3. The van der Waals surface area contributed by atoms with E-state index >= 15 is 0 Å². The molecule has 0 amide bonds. The molecular weight excluding hydrogens is 256 g/mol. The average Bonchev–Trinajstić information content (AvgIpc) is 2.48. The maximum Gasteiger partial charge on any atom is 0.337 e. The van der Waals surface area contributed by atoms with Gasteiger partial charge in [0.05, 0.1) is 25.0 Å². The number of benzene rings is 1. The van der Waals surface area contributed by atoms with Gasteiger partial charge in [0.25, 0.3) is 0 Å². The Kier molecular flexibility index (Phi) is 8.15. The van der Waals surface area contributed by atoms with Crippen molar-refractivity contribution in [1.82, 2.24) is 0 Å². The first kappa shape index (κ1) is 16.2. The Morgan fingerprint density at radius 3 is 2.65 bits per heavy atom. The Hall–Kier alpha value is -1.81. The largest absolute Gasteiger partial charge is 0.515 e. The lowest BCUT2D eigenvalue weighted by Crippen LogP contribution is -2.08. The molecule has 0 aromatic heterocycles. The second-order valence-corrected chi connectivity index (χ2v) is 4.37. The van der Waals surface area contributed by atoms with E-state index < -0.39 is 5.97 Å². The van der Waals surface area contributed by atoms with Crippen LogP contribution < -0.4 is 0 Å². The standard InChI is InChI=1S/C16H22O4/c1-2-20-16(18)15(12-17)10-6-7-11-19-13-14-8-4-3-5-9-14/h3-5,8-9,12,17H,2,6-7,10-11,13H2,1H3/b15-12-. The highest BCUT2D eigenvalue weighted by atomic mass is 16.5. The van der Waals surface area contributed by atoms with E-state index in [4.69, 9.17) is 14.6 Å². The van der Waals surface area contributed by atoms with Gasteiger partial charge in [0.2, 0.25) is 0 Å². The van der Waals surface area contributed by atoms with Gasteiger partial charge in [-0.1, -0.05) is 30.3 Å². The third kappa shape index (κ3) is 6.38. The van der Waals surface area contributed by atoms with Crippen LogP contribution in [0.2, 0.25) is 0 Å². The number of aliphatic hydroxyl groups is 1. The van der Waals surface area contributed by atoms with E-state index in [1.54, 1.807) is 6.92 Å². The summed E-state index contributed by atoms with van der Waals surface area (Å²) < 4.78 is 10.4. The summed E-state index contributed by atoms with van der Waals surface area (Å²) in [6.07, 6.45) is 2.95. The lowest BCUT2D eigenvalue weighted by molar-refractivity contribution is -0.138. The van der Waals surface area contributed by atoms with E-state index in [9.17, 15) is 4.79 Å². The van der Waals surface area contributed by atoms with Crippen molar-refractivity contribution in [2.75, 3.05) is 13.2 Å². The Labute approximate surface area is 120 Å². The molecule has 0 saturated carbocycles. The Morgan fingerprint density at radius 2 is 2.00 bits per heavy atom. The lowest BCUT2D eigenvalue weighted by Gasteiger charge is -2.06. The molecule has 0 bridgehead atoms. The molecule has 110 valence electrons. The van der Waals surface area contributed by atoms with Crippen molar-refractivity contribution in [2.24, 2.45) is 0 Å². The quantitative estimate of drug-likeness (QED) is 0.325. The fraction of sp³-hybridized carbons (Fsp3) is 0.438. The Balaban J connectivity index is 2.11. The van der Waals surface area contributed by atoms with Crippen LogP contribution in [0.1, 0.15) is 31.7 Å². The van der Waals surface area contributed by atoms with Crippen molar-refractivity contribution in [2.45, 2.75) is 32.8 Å². The van der Waals surface area contributed by atoms with E-state index in [0.717, 1.165) is 24.7 Å². The fourth-order valence-electron chi connectivity index (χ4n) is 1.73. The first-order chi connectivity index (χ1) is 9.77. The van der Waals surface area contributed by atoms with Gasteiger partial charge in [-0.05, 0) is 31.7 Å². The summed E-state index contributed by atoms with van der Waals surface area (Å²) in [6, 6.07) is 9.98. The summed E-state index contributed by atoms with van der Waals surface area (Å²) in [6.45, 7) is 3.29. The molecule has 0 aliphatic carbocycles. The number of hydrogen-bond acceptors (Lipinski definition) is 4. The fourth-order valence-corrected chi connectivity index (χ4v) is 1.73. The molecule has 1 aromatic rings. The number of rotatable bonds is 9. The van der Waals surface area contributed by atoms with Crippen LogP contribution in [-0.2, 0) is 20.9 Å². The molecule has 1 rings (SSSR count). The van der Waals surface area contributed by atoms with Crippen molar-refractivity contribution >= 4 is 5.97 Å². The molecule has 4 heteroatoms. The maximum absolute atomic E-state index is 11.4. The van der Waals surface area contributed by atoms with Gasteiger partial charge < -0.3 is 14.6 Å². The van der Waals surface area contributed by atoms with Crippen molar-refractivity contribution in [1.29, 1.82) is 0 Å². The molecule has 0 heterocycles. The highest BCUT2D eigenvalue weighted by molar-refractivity contribution is 5.87. The highest BCUT2D eigenvalue weighted by Crippen LogP contribution is 2.09. The smallest absolute Gasteiger partial charge is 0.337 e. The third-order valence-electron chi connectivity index (χ3n) is 2.79. The number of aliphatic hydroxyl groups excluding tert-OH is 1. The molecule has 0 atom stereocenters. The van der Waals surface area contributed by atoms with Crippen molar-refractivity contribution in [3.05, 3.63) is 47.7 Å². The molecular formula is C16H22O4. The molecule has 0 aliphatic heterocycles. The van der Waals surface area contributed by atoms with Gasteiger partial charge in [-0.3, -0.25) is 0 Å². The minimum atomic E-state index is -0.444. The number of esters is 1. The molecule has 1 N–H and O–H groups in total. The molecule has 0 radical (unpaired) electrons. The van der Waals surface area contributed by atoms with Gasteiger partial charge in [0.1, 0.15) is 0 Å². The van der Waals surface area contributed by atoms with Crippen LogP contribution in [0.15, 0.2) is 42.2 Å². The zero-order chi connectivity index (χ0) is 14.6. The molecule has 1 aromatic carbocycles. The second-order valence-electron chi connectivity index (χ2n) is 4.37. The molecule has 0 unspecified atom stereocenters. The summed E-state index contributed by atoms with van der Waals surface area (Å²) in [5, 5.41) is 8.98. The third-order valence-corrected chi connectivity index (χ3v) is 2.79. The average molecular weight is 278 g/mol. The van der Waals surface area contributed by atoms with E-state index in [1.807, 2.05) is 30.3 Å². The Morgan fingerprint density at radius 1 is 1.25 bits per heavy atom.